The molecule has 40 heteroatoms. The monoisotopic (exact) mass is 1150 g/mol. The van der Waals surface area contributed by atoms with E-state index in [0.717, 1.165) is 43.7 Å². The minimum atomic E-state index is -6.19. The van der Waals surface area contributed by atoms with Gasteiger partial charge in [-0.1, -0.05) is 4.98 Å². The summed E-state index contributed by atoms with van der Waals surface area (Å²) in [6.45, 7) is -3.19. The molecule has 0 saturated carbocycles. The highest BCUT2D eigenvalue weighted by Crippen LogP contribution is 2.68. The van der Waals surface area contributed by atoms with E-state index in [9.17, 15) is 62.4 Å². The molecular weight excluding hydrogens is 1100 g/mol. The van der Waals surface area contributed by atoms with Crippen molar-refractivity contribution < 1.29 is 103 Å². The van der Waals surface area contributed by atoms with Crippen LogP contribution in [0, 0.1) is 5.92 Å². The van der Waals surface area contributed by atoms with Crippen LogP contribution in [0.25, 0.3) is 22.3 Å². The first-order valence-electron chi connectivity index (χ1n) is 21.8. The number of phosphoric acid groups is 3. The van der Waals surface area contributed by atoms with Gasteiger partial charge in [-0.3, -0.25) is 42.3 Å². The molecule has 0 spiro atoms. The van der Waals surface area contributed by atoms with Gasteiger partial charge in [0.15, 0.2) is 30.2 Å². The van der Waals surface area contributed by atoms with Crippen molar-refractivity contribution in [1.29, 1.82) is 0 Å². The summed E-state index contributed by atoms with van der Waals surface area (Å²) in [7, 11) is -18.4. The minimum absolute atomic E-state index is 0.00708. The highest BCUT2D eigenvalue weighted by atomic mass is 31.3. The van der Waals surface area contributed by atoms with Crippen molar-refractivity contribution in [3.05, 3.63) is 62.4 Å². The van der Waals surface area contributed by atoms with Gasteiger partial charge in [-0.25, -0.2) is 38.0 Å². The number of aromatic nitrogens is 10. The van der Waals surface area contributed by atoms with Crippen LogP contribution >= 0.6 is 31.1 Å². The van der Waals surface area contributed by atoms with Gasteiger partial charge < -0.3 is 78.8 Å². The Balaban J connectivity index is 0.964. The number of hydrogen-bond acceptors (Lipinski definition) is 27. The van der Waals surface area contributed by atoms with E-state index >= 15 is 0 Å². The number of ether oxygens (including phenoxy) is 6. The van der Waals surface area contributed by atoms with E-state index in [1.54, 1.807) is 0 Å². The Morgan fingerprint density at radius 2 is 1.45 bits per heavy atom. The molecule has 36 nitrogen and oxygen atoms in total. The van der Waals surface area contributed by atoms with E-state index in [2.05, 4.69) is 33.5 Å². The van der Waals surface area contributed by atoms with E-state index < -0.39 is 141 Å². The maximum Gasteiger partial charge on any atom is 0.490 e. The predicted molar refractivity (Wildman–Crippen MR) is 243 cm³/mol. The molecule has 3 aliphatic rings. The largest absolute Gasteiger partial charge is 0.778 e. The van der Waals surface area contributed by atoms with Crippen molar-refractivity contribution in [2.75, 3.05) is 59.2 Å². The molecule has 0 amide bonds. The van der Waals surface area contributed by atoms with Gasteiger partial charge in [-0.2, -0.15) is 8.62 Å². The topological polar surface area (TPSA) is 499 Å². The predicted octanol–water partition coefficient (Wildman–Crippen LogP) is -3.49. The van der Waals surface area contributed by atoms with Crippen LogP contribution < -0.4 is 37.7 Å². The molecule has 5 unspecified atom stereocenters. The van der Waals surface area contributed by atoms with E-state index in [1.165, 1.54) is 34.2 Å². The lowest BCUT2D eigenvalue weighted by atomic mass is 9.95. The number of fused-ring (bicyclic) bond motifs is 2. The molecule has 11 N–H and O–H groups in total. The molecule has 3 saturated heterocycles. The fraction of sp³-hybridized carbons (Fsp3) is 0.600. The molecule has 5 aromatic heterocycles. The van der Waals surface area contributed by atoms with Gasteiger partial charge in [0.1, 0.15) is 50.0 Å². The Hall–Kier alpha value is -4.58. The smallest absolute Gasteiger partial charge is 0.490 e. The zero-order chi connectivity index (χ0) is 54.5. The second kappa shape index (κ2) is 22.0. The number of H-pyrrole nitrogens is 2. The lowest BCUT2D eigenvalue weighted by Crippen LogP contribution is -2.45. The third kappa shape index (κ3) is 11.8. The minimum Gasteiger partial charge on any atom is -0.778 e. The Morgan fingerprint density at radius 1 is 0.813 bits per heavy atom. The van der Waals surface area contributed by atoms with Crippen LogP contribution in [0.5, 0.6) is 0 Å². The fourth-order valence-electron chi connectivity index (χ4n) is 8.91. The fourth-order valence-corrected chi connectivity index (χ4v) is 14.2. The number of aryl methyl sites for hydroxylation is 1. The number of aliphatic hydroxyl groups is 2. The summed E-state index contributed by atoms with van der Waals surface area (Å²) in [4.78, 5) is 104. The molecule has 0 radical (unpaired) electrons. The lowest BCUT2D eigenvalue weighted by molar-refractivity contribution is -0.745. The van der Waals surface area contributed by atoms with Crippen molar-refractivity contribution in [2.45, 2.75) is 73.5 Å². The summed E-state index contributed by atoms with van der Waals surface area (Å²) in [5, 5.41) is 22.5. The van der Waals surface area contributed by atoms with Crippen LogP contribution in [-0.2, 0) is 75.9 Å². The number of nitrogens with one attached hydrogen (secondary N) is 2. The molecule has 16 atom stereocenters. The van der Waals surface area contributed by atoms with Crippen molar-refractivity contribution >= 4 is 65.2 Å². The van der Waals surface area contributed by atoms with E-state index in [-0.39, 0.29) is 47.1 Å². The van der Waals surface area contributed by atoms with E-state index in [1.807, 2.05) is 4.98 Å². The standard InChI is InChI=1S/C35H50N12O24P4/c1-44-14-47(29-21(44)30(51)43-34(37)42-29)31-22(49)15(6-8-61-2)16(67-31)9-65-73(55,56)70-75(59,60)71-74(57,58)66-11-18-26(25(63-4)33(69-18)46-13-40-20-27(36)38-12-39-28(20)46)72(53,54)64-10-17-23(50)24(62-3)32(68-17)45-7-5-19(48)41-35(45)52/h5,7,12-18,22-26,31-33,49-50H,6,8-11H2,1-4H3,(H9-,36,37,38,39,41,42,43,48,51,52,53,54,55,56,57,58,59,60)/t15-,16-,17-,18?,22-,23-,24-,25-,26-,31-,32-,33-/m1/s1. The molecular formula is C35H50N12O24P4. The van der Waals surface area contributed by atoms with Gasteiger partial charge >= 0.3 is 34.8 Å². The molecule has 3 fully saturated rings. The van der Waals surface area contributed by atoms with Crippen LogP contribution in [-0.4, -0.2) is 165 Å². The highest BCUT2D eigenvalue weighted by Gasteiger charge is 2.55. The third-order valence-corrected chi connectivity index (χ3v) is 18.3. The molecule has 8 heterocycles. The summed E-state index contributed by atoms with van der Waals surface area (Å²) >= 11 is 0. The van der Waals surface area contributed by atoms with Crippen LogP contribution in [0.4, 0.5) is 11.8 Å². The average molecular weight is 1150 g/mol. The quantitative estimate of drug-likeness (QED) is 0.0240. The third-order valence-electron chi connectivity index (χ3n) is 12.2. The first-order chi connectivity index (χ1) is 35.3. The second-order valence-electron chi connectivity index (χ2n) is 16.9. The highest BCUT2D eigenvalue weighted by molar-refractivity contribution is 7.66. The molecule has 5 aromatic rings. The lowest BCUT2D eigenvalue weighted by Gasteiger charge is -2.35. The number of imidazole rings is 2. The molecule has 0 aromatic carbocycles. The van der Waals surface area contributed by atoms with Crippen LogP contribution in [0.2, 0.25) is 0 Å². The number of rotatable bonds is 22. The van der Waals surface area contributed by atoms with Crippen LogP contribution in [0.3, 0.4) is 0 Å². The first-order valence-corrected chi connectivity index (χ1v) is 27.9. The summed E-state index contributed by atoms with van der Waals surface area (Å²) in [6, 6.07) is 0.987. The summed E-state index contributed by atoms with van der Waals surface area (Å²) in [6.07, 6.45) is -10.4. The van der Waals surface area contributed by atoms with Crippen molar-refractivity contribution in [2.24, 2.45) is 13.0 Å². The molecule has 3 aliphatic heterocycles. The van der Waals surface area contributed by atoms with Gasteiger partial charge in [0, 0.05) is 46.1 Å². The summed E-state index contributed by atoms with van der Waals surface area (Å²) in [5.41, 5.74) is 7.39. The number of hydrogen-bond donors (Lipinski definition) is 9. The number of phosphoric ester groups is 2. The maximum atomic E-state index is 14.3. The van der Waals surface area contributed by atoms with Crippen LogP contribution in [0.1, 0.15) is 25.1 Å². The van der Waals surface area contributed by atoms with Crippen LogP contribution in [0.15, 0.2) is 45.6 Å². The van der Waals surface area contributed by atoms with Gasteiger partial charge in [0.05, 0.1) is 51.1 Å². The van der Waals surface area contributed by atoms with E-state index in [4.69, 9.17) is 53.5 Å². The molecule has 75 heavy (non-hydrogen) atoms. The molecule has 414 valence electrons. The van der Waals surface area contributed by atoms with Crippen molar-refractivity contribution in [3.8, 4) is 0 Å². The zero-order valence-electron chi connectivity index (χ0n) is 39.4. The molecule has 0 bridgehead atoms. The Morgan fingerprint density at radius 3 is 2.11 bits per heavy atom. The first kappa shape index (κ1) is 56.6. The number of methoxy groups -OCH3 is 3. The van der Waals surface area contributed by atoms with E-state index in [0.29, 0.717) is 0 Å². The van der Waals surface area contributed by atoms with Crippen molar-refractivity contribution in [1.82, 2.24) is 43.6 Å². The number of aromatic amines is 2. The SMILES string of the molecule is COCC[C@H]1[C@@H](O)[C@H]([n+]2cn(C)c3c(=O)[nH]c(N)nc32)O[C@@H]1COP(=O)(O)OP(=O)(O)OP(=O)(O)OCC1O[C@@H](n2cnc3c(N)ncnc32)[C@H](OC)[C@@H]1P(=O)([O-])OC[C@H]1O[C@@H](n2ccc(=O)[nH]c2=O)[C@H](OC)[C@@H]1O. The number of nitrogens with zero attached hydrogens (tertiary/aromatic N) is 8. The number of nitrogen functional groups attached to an aromatic ring is 2. The zero-order valence-corrected chi connectivity index (χ0v) is 42.9. The Kier molecular flexibility index (Phi) is 16.6. The Labute approximate surface area is 419 Å². The van der Waals surface area contributed by atoms with Gasteiger partial charge in [0.25, 0.3) is 17.1 Å². The number of aliphatic hydroxyl groups excluding tert-OH is 2. The number of nitrogens with two attached hydrogens (primary N) is 2. The molecule has 8 rings (SSSR count). The van der Waals surface area contributed by atoms with Gasteiger partial charge in [-0.05, 0) is 6.42 Å². The summed E-state index contributed by atoms with van der Waals surface area (Å²) < 4.78 is 116. The normalized spacial score (nSPS) is 30.4. The second-order valence-corrected chi connectivity index (χ2v) is 23.4. The molecule has 0 aliphatic carbocycles. The Bertz CT molecular complexity index is 3280. The van der Waals surface area contributed by atoms with Crippen molar-refractivity contribution in [3.63, 3.8) is 0 Å². The van der Waals surface area contributed by atoms with Gasteiger partial charge in [0.2, 0.25) is 11.7 Å². The average Bonchev–Trinajstić information content (AvgIpc) is 4.14. The number of anilines is 2. The maximum absolute atomic E-state index is 14.3. The summed E-state index contributed by atoms with van der Waals surface area (Å²) in [5.74, 6) is -1.29. The van der Waals surface area contributed by atoms with Gasteiger partial charge in [-0.15, -0.1) is 0 Å².